The second-order valence-corrected chi connectivity index (χ2v) is 6.73. The molecule has 0 amide bonds. The van der Waals surface area contributed by atoms with Crippen molar-refractivity contribution >= 4 is 17.7 Å². The molecule has 0 bridgehead atoms. The molecular formula is C15H29NO2S. The Morgan fingerprint density at radius 3 is 2.21 bits per heavy atom. The number of carboxylic acids is 1. The molecule has 0 radical (unpaired) electrons. The Kier molecular flexibility index (Phi) is 9.35. The lowest BCUT2D eigenvalue weighted by Crippen LogP contribution is -2.36. The van der Waals surface area contributed by atoms with E-state index in [1.54, 1.807) is 11.8 Å². The smallest absolute Gasteiger partial charge is 0.321 e. The number of aliphatic carboxylic acids is 1. The van der Waals surface area contributed by atoms with Crippen LogP contribution in [-0.2, 0) is 4.79 Å². The van der Waals surface area contributed by atoms with Crippen LogP contribution in [0.4, 0.5) is 0 Å². The Balaban J connectivity index is 1.85. The van der Waals surface area contributed by atoms with E-state index in [9.17, 15) is 4.79 Å². The molecule has 112 valence electrons. The van der Waals surface area contributed by atoms with Crippen molar-refractivity contribution in [1.29, 1.82) is 0 Å². The normalized spacial score (nSPS) is 22.8. The standard InChI is InChI=1S/C15H29NO2S/c1-2-3-4-5-6-7-8-9-10-11-14-16-13(12-19-14)15(17)18/h13-14,16H,2-12H2,1H3,(H,17,18)/t13-,14-/m0/s1. The zero-order chi connectivity index (χ0) is 13.9. The number of nitrogens with one attached hydrogen (secondary N) is 1. The maximum absolute atomic E-state index is 10.8. The Labute approximate surface area is 121 Å². The van der Waals surface area contributed by atoms with Crippen LogP contribution in [0.5, 0.6) is 0 Å². The third-order valence-corrected chi connectivity index (χ3v) is 5.02. The van der Waals surface area contributed by atoms with E-state index < -0.39 is 5.97 Å². The minimum atomic E-state index is -0.706. The Bertz CT molecular complexity index is 248. The van der Waals surface area contributed by atoms with Gasteiger partial charge in [-0.15, -0.1) is 11.8 Å². The third kappa shape index (κ3) is 7.83. The van der Waals surface area contributed by atoms with E-state index in [0.29, 0.717) is 5.37 Å². The molecule has 1 rings (SSSR count). The lowest BCUT2D eigenvalue weighted by Gasteiger charge is -2.10. The molecule has 0 spiro atoms. The Morgan fingerprint density at radius 2 is 1.68 bits per heavy atom. The molecule has 1 heterocycles. The molecule has 0 unspecified atom stereocenters. The number of unbranched alkanes of at least 4 members (excludes halogenated alkanes) is 8. The van der Waals surface area contributed by atoms with Gasteiger partial charge in [0.15, 0.2) is 0 Å². The van der Waals surface area contributed by atoms with E-state index in [2.05, 4.69) is 12.2 Å². The highest BCUT2D eigenvalue weighted by molar-refractivity contribution is 8.00. The van der Waals surface area contributed by atoms with Gasteiger partial charge in [0.2, 0.25) is 0 Å². The van der Waals surface area contributed by atoms with Crippen LogP contribution in [0.2, 0.25) is 0 Å². The minimum Gasteiger partial charge on any atom is -0.480 e. The predicted octanol–water partition coefficient (Wildman–Crippen LogP) is 4.02. The Morgan fingerprint density at radius 1 is 1.11 bits per heavy atom. The van der Waals surface area contributed by atoms with E-state index in [4.69, 9.17) is 5.11 Å². The average molecular weight is 287 g/mol. The van der Waals surface area contributed by atoms with E-state index in [-0.39, 0.29) is 6.04 Å². The highest BCUT2D eigenvalue weighted by atomic mass is 32.2. The van der Waals surface area contributed by atoms with Gasteiger partial charge in [-0.2, -0.15) is 0 Å². The van der Waals surface area contributed by atoms with Crippen molar-refractivity contribution in [3.8, 4) is 0 Å². The van der Waals surface area contributed by atoms with Gasteiger partial charge in [-0.25, -0.2) is 0 Å². The first-order valence-electron chi connectivity index (χ1n) is 7.84. The second-order valence-electron chi connectivity index (χ2n) is 5.50. The first-order chi connectivity index (χ1) is 9.24. The largest absolute Gasteiger partial charge is 0.480 e. The van der Waals surface area contributed by atoms with Gasteiger partial charge < -0.3 is 5.11 Å². The Hall–Kier alpha value is -0.220. The molecule has 0 saturated carbocycles. The van der Waals surface area contributed by atoms with Gasteiger partial charge in [0.05, 0.1) is 5.37 Å². The first-order valence-corrected chi connectivity index (χ1v) is 8.89. The molecule has 1 saturated heterocycles. The first kappa shape index (κ1) is 16.8. The van der Waals surface area contributed by atoms with Gasteiger partial charge in [-0.3, -0.25) is 10.1 Å². The predicted molar refractivity (Wildman–Crippen MR) is 82.6 cm³/mol. The van der Waals surface area contributed by atoms with E-state index in [1.807, 2.05) is 0 Å². The van der Waals surface area contributed by atoms with Crippen LogP contribution in [0.25, 0.3) is 0 Å². The van der Waals surface area contributed by atoms with E-state index >= 15 is 0 Å². The number of rotatable bonds is 11. The lowest BCUT2D eigenvalue weighted by atomic mass is 10.1. The van der Waals surface area contributed by atoms with E-state index in [0.717, 1.165) is 12.2 Å². The summed E-state index contributed by atoms with van der Waals surface area (Å²) in [5, 5.41) is 12.4. The van der Waals surface area contributed by atoms with Crippen LogP contribution in [0.1, 0.15) is 71.1 Å². The molecular weight excluding hydrogens is 258 g/mol. The molecule has 0 aromatic carbocycles. The molecule has 0 aromatic heterocycles. The molecule has 0 aliphatic carbocycles. The van der Waals surface area contributed by atoms with Crippen molar-refractivity contribution in [2.24, 2.45) is 0 Å². The van der Waals surface area contributed by atoms with Crippen LogP contribution in [0, 0.1) is 0 Å². The molecule has 19 heavy (non-hydrogen) atoms. The van der Waals surface area contributed by atoms with Crippen molar-refractivity contribution in [3.05, 3.63) is 0 Å². The molecule has 1 aliphatic rings. The monoisotopic (exact) mass is 287 g/mol. The highest BCUT2D eigenvalue weighted by Crippen LogP contribution is 2.23. The van der Waals surface area contributed by atoms with Gasteiger partial charge in [-0.05, 0) is 6.42 Å². The summed E-state index contributed by atoms with van der Waals surface area (Å²) in [6.07, 6.45) is 13.2. The lowest BCUT2D eigenvalue weighted by molar-refractivity contribution is -0.138. The van der Waals surface area contributed by atoms with Gasteiger partial charge in [-0.1, -0.05) is 64.7 Å². The number of carboxylic acid groups (broad SMARTS) is 1. The van der Waals surface area contributed by atoms with Crippen LogP contribution in [-0.4, -0.2) is 28.2 Å². The fraction of sp³-hybridized carbons (Fsp3) is 0.933. The summed E-state index contributed by atoms with van der Waals surface area (Å²) in [5.74, 6) is 0.0133. The summed E-state index contributed by atoms with van der Waals surface area (Å²) in [7, 11) is 0. The van der Waals surface area contributed by atoms with Gasteiger partial charge >= 0.3 is 5.97 Å². The summed E-state index contributed by atoms with van der Waals surface area (Å²) in [6.45, 7) is 2.25. The average Bonchev–Trinajstić information content (AvgIpc) is 2.86. The molecule has 2 N–H and O–H groups in total. The molecule has 3 nitrogen and oxygen atoms in total. The molecule has 4 heteroatoms. The maximum Gasteiger partial charge on any atom is 0.321 e. The number of hydrogen-bond donors (Lipinski definition) is 2. The SMILES string of the molecule is CCCCCCCCCCC[C@H]1N[C@H](C(=O)O)CS1. The number of carbonyl (C=O) groups is 1. The molecule has 2 atom stereocenters. The fourth-order valence-corrected chi connectivity index (χ4v) is 3.74. The topological polar surface area (TPSA) is 49.3 Å². The van der Waals surface area contributed by atoms with Crippen LogP contribution in [0.15, 0.2) is 0 Å². The number of thioether (sulfide) groups is 1. The van der Waals surface area contributed by atoms with Gasteiger partial charge in [0, 0.05) is 5.75 Å². The van der Waals surface area contributed by atoms with Gasteiger partial charge in [0.25, 0.3) is 0 Å². The third-order valence-electron chi connectivity index (χ3n) is 3.72. The summed E-state index contributed by atoms with van der Waals surface area (Å²) in [6, 6.07) is -0.325. The quantitative estimate of drug-likeness (QED) is 0.563. The maximum atomic E-state index is 10.8. The molecule has 1 fully saturated rings. The van der Waals surface area contributed by atoms with Crippen molar-refractivity contribution in [2.75, 3.05) is 5.75 Å². The van der Waals surface area contributed by atoms with Crippen molar-refractivity contribution in [3.63, 3.8) is 0 Å². The second kappa shape index (κ2) is 10.6. The summed E-state index contributed by atoms with van der Waals surface area (Å²) >= 11 is 1.76. The zero-order valence-corrected chi connectivity index (χ0v) is 13.0. The summed E-state index contributed by atoms with van der Waals surface area (Å²) in [5.41, 5.74) is 0. The molecule has 1 aliphatic heterocycles. The number of hydrogen-bond acceptors (Lipinski definition) is 3. The summed E-state index contributed by atoms with van der Waals surface area (Å²) < 4.78 is 0. The van der Waals surface area contributed by atoms with Crippen LogP contribution in [0.3, 0.4) is 0 Å². The van der Waals surface area contributed by atoms with Crippen LogP contribution < -0.4 is 5.32 Å². The van der Waals surface area contributed by atoms with Crippen molar-refractivity contribution in [2.45, 2.75) is 82.5 Å². The van der Waals surface area contributed by atoms with Crippen molar-refractivity contribution in [1.82, 2.24) is 5.32 Å². The van der Waals surface area contributed by atoms with Gasteiger partial charge in [0.1, 0.15) is 6.04 Å². The molecule has 0 aromatic rings. The highest BCUT2D eigenvalue weighted by Gasteiger charge is 2.28. The fourth-order valence-electron chi connectivity index (χ4n) is 2.48. The zero-order valence-electron chi connectivity index (χ0n) is 12.2. The van der Waals surface area contributed by atoms with Crippen LogP contribution >= 0.6 is 11.8 Å². The van der Waals surface area contributed by atoms with Crippen molar-refractivity contribution < 1.29 is 9.90 Å². The summed E-state index contributed by atoms with van der Waals surface area (Å²) in [4.78, 5) is 10.8. The minimum absolute atomic E-state index is 0.325. The van der Waals surface area contributed by atoms with E-state index in [1.165, 1.54) is 57.8 Å².